The van der Waals surface area contributed by atoms with E-state index < -0.39 is 77.4 Å². The second kappa shape index (κ2) is 18.8. The molecule has 4 rings (SSSR count). The lowest BCUT2D eigenvalue weighted by molar-refractivity contribution is -0.162. The maximum absolute atomic E-state index is 13.8. The second-order valence-corrected chi connectivity index (χ2v) is 16.5. The molecule has 304 valence electrons. The number of nitrogens with one attached hydrogen (secondary N) is 2. The van der Waals surface area contributed by atoms with Crippen LogP contribution in [0, 0.1) is 23.5 Å². The summed E-state index contributed by atoms with van der Waals surface area (Å²) < 4.78 is 44.3. The number of ether oxygens (including phenoxy) is 3. The summed E-state index contributed by atoms with van der Waals surface area (Å²) in [5, 5.41) is 16.2. The van der Waals surface area contributed by atoms with E-state index >= 15 is 0 Å². The molecule has 11 nitrogen and oxygen atoms in total. The number of carbonyl (C=O) groups excluding carboxylic acids is 4. The predicted molar refractivity (Wildman–Crippen MR) is 208 cm³/mol. The van der Waals surface area contributed by atoms with Gasteiger partial charge in [0, 0.05) is 5.69 Å². The number of benzene rings is 3. The number of carbonyl (C=O) groups is 4. The van der Waals surface area contributed by atoms with Crippen molar-refractivity contribution in [3.63, 3.8) is 0 Å². The van der Waals surface area contributed by atoms with Crippen LogP contribution < -0.4 is 20.3 Å². The zero-order valence-electron chi connectivity index (χ0n) is 33.4. The number of anilines is 1. The van der Waals surface area contributed by atoms with Crippen molar-refractivity contribution in [2.24, 2.45) is 11.8 Å². The minimum Gasteiger partial charge on any atom is -0.484 e. The van der Waals surface area contributed by atoms with Crippen molar-refractivity contribution >= 4 is 29.4 Å². The summed E-state index contributed by atoms with van der Waals surface area (Å²) in [7, 11) is 0. The molecule has 0 bridgehead atoms. The molecule has 1 aliphatic heterocycles. The Morgan fingerprint density at radius 1 is 0.821 bits per heavy atom. The van der Waals surface area contributed by atoms with E-state index in [-0.39, 0.29) is 24.9 Å². The van der Waals surface area contributed by atoms with E-state index in [0.717, 1.165) is 5.56 Å². The smallest absolute Gasteiger partial charge is 0.331 e. The molecule has 1 fully saturated rings. The number of aliphatic hydroxyl groups is 1. The Hall–Kier alpha value is -4.88. The molecule has 0 saturated carbocycles. The number of halogens is 2. The van der Waals surface area contributed by atoms with Crippen molar-refractivity contribution < 1.29 is 47.3 Å². The normalized spacial score (nSPS) is 17.4. The number of aliphatic hydroxyl groups excluding tert-OH is 1. The molecule has 1 heterocycles. The van der Waals surface area contributed by atoms with Crippen LogP contribution in [0.3, 0.4) is 0 Å². The molecule has 5 atom stereocenters. The van der Waals surface area contributed by atoms with E-state index in [1.807, 2.05) is 34.6 Å². The molecule has 3 N–H and O–H groups in total. The van der Waals surface area contributed by atoms with Crippen LogP contribution in [0.15, 0.2) is 72.8 Å². The van der Waals surface area contributed by atoms with Gasteiger partial charge in [-0.05, 0) is 126 Å². The average Bonchev–Trinajstić information content (AvgIpc) is 3.11. The van der Waals surface area contributed by atoms with Crippen molar-refractivity contribution in [3.05, 3.63) is 95.6 Å². The van der Waals surface area contributed by atoms with Crippen molar-refractivity contribution in [2.45, 2.75) is 110 Å². The lowest BCUT2D eigenvalue weighted by Crippen LogP contribution is -2.55. The summed E-state index contributed by atoms with van der Waals surface area (Å²) in [5.74, 6) is -2.91. The number of esters is 1. The quantitative estimate of drug-likeness (QED) is 0.101. The maximum atomic E-state index is 13.8. The van der Waals surface area contributed by atoms with Crippen LogP contribution in [0.25, 0.3) is 0 Å². The Morgan fingerprint density at radius 2 is 1.41 bits per heavy atom. The predicted octanol–water partition coefficient (Wildman–Crippen LogP) is 6.73. The van der Waals surface area contributed by atoms with Crippen molar-refractivity contribution in [1.82, 2.24) is 10.6 Å². The van der Waals surface area contributed by atoms with E-state index in [4.69, 9.17) is 14.2 Å². The molecule has 1 aliphatic rings. The average molecular weight is 780 g/mol. The van der Waals surface area contributed by atoms with Gasteiger partial charge >= 0.3 is 5.97 Å². The zero-order chi connectivity index (χ0) is 41.4. The van der Waals surface area contributed by atoms with Crippen LogP contribution in [0.4, 0.5) is 14.5 Å². The van der Waals surface area contributed by atoms with Crippen LogP contribution in [0.5, 0.6) is 5.75 Å². The van der Waals surface area contributed by atoms with Gasteiger partial charge in [0.15, 0.2) is 12.6 Å². The van der Waals surface area contributed by atoms with Crippen LogP contribution in [-0.4, -0.2) is 65.3 Å². The van der Waals surface area contributed by atoms with Gasteiger partial charge in [0.1, 0.15) is 29.0 Å². The number of β-lactam (4-membered cyclic amide) rings is 1. The van der Waals surface area contributed by atoms with E-state index in [9.17, 15) is 33.1 Å². The Morgan fingerprint density at radius 3 is 1.96 bits per heavy atom. The highest BCUT2D eigenvalue weighted by atomic mass is 19.1. The number of nitrogens with zero attached hydrogens (tertiary/aromatic N) is 1. The fourth-order valence-electron chi connectivity index (χ4n) is 6.29. The van der Waals surface area contributed by atoms with Crippen molar-refractivity contribution in [1.29, 1.82) is 0 Å². The third-order valence-corrected chi connectivity index (χ3v) is 8.97. The zero-order valence-corrected chi connectivity index (χ0v) is 33.4. The van der Waals surface area contributed by atoms with Gasteiger partial charge in [-0.2, -0.15) is 0 Å². The molecule has 1 unspecified atom stereocenters. The van der Waals surface area contributed by atoms with Gasteiger partial charge in [0.05, 0.1) is 30.3 Å². The standard InChI is InChI=1S/C43H55F2N3O8/c1-26(2)23-34(39(51)47-35(24-55-42(3,4)5)41(53)56-43(6,7)8)46-37(50)25-54-32-19-11-28(12-20-32)38-33(21-22-36(49)27-9-13-29(44)14-10-27)40(52)48(38)31-17-15-30(45)16-18-31/h9-20,26,33-36,38,49H,21-25H2,1-8H3,(H,46,50)(H,47,51)/t33-,34-,35+,36?,38-/m1/s1. The third kappa shape index (κ3) is 12.8. The molecular formula is C43H55F2N3O8. The lowest BCUT2D eigenvalue weighted by atomic mass is 9.78. The molecule has 0 radical (unpaired) electrons. The summed E-state index contributed by atoms with van der Waals surface area (Å²) in [6, 6.07) is 15.6. The second-order valence-electron chi connectivity index (χ2n) is 16.5. The Balaban J connectivity index is 1.42. The molecule has 0 aliphatic carbocycles. The molecule has 3 amide bonds. The summed E-state index contributed by atoms with van der Waals surface area (Å²) in [4.78, 5) is 54.7. The first-order valence-corrected chi connectivity index (χ1v) is 18.9. The summed E-state index contributed by atoms with van der Waals surface area (Å²) in [5.41, 5.74) is 0.449. The number of amides is 3. The van der Waals surface area contributed by atoms with E-state index in [1.165, 1.54) is 48.5 Å². The van der Waals surface area contributed by atoms with Gasteiger partial charge in [-0.1, -0.05) is 38.1 Å². The lowest BCUT2D eigenvalue weighted by Gasteiger charge is -2.48. The topological polar surface area (TPSA) is 144 Å². The molecule has 13 heteroatoms. The fourth-order valence-corrected chi connectivity index (χ4v) is 6.29. The highest BCUT2D eigenvalue weighted by Gasteiger charge is 2.48. The first-order chi connectivity index (χ1) is 26.2. The number of hydrogen-bond acceptors (Lipinski definition) is 8. The Labute approximate surface area is 328 Å². The highest BCUT2D eigenvalue weighted by molar-refractivity contribution is 6.03. The van der Waals surface area contributed by atoms with Crippen LogP contribution >= 0.6 is 0 Å². The molecule has 3 aromatic rings. The van der Waals surface area contributed by atoms with Gasteiger partial charge in [0.25, 0.3) is 5.91 Å². The third-order valence-electron chi connectivity index (χ3n) is 8.97. The van der Waals surface area contributed by atoms with Gasteiger partial charge < -0.3 is 34.9 Å². The van der Waals surface area contributed by atoms with Crippen LogP contribution in [0.1, 0.15) is 97.9 Å². The fraction of sp³-hybridized carbons (Fsp3) is 0.488. The molecule has 0 aromatic heterocycles. The molecular weight excluding hydrogens is 724 g/mol. The van der Waals surface area contributed by atoms with Crippen molar-refractivity contribution in [2.75, 3.05) is 18.1 Å². The molecule has 3 aromatic carbocycles. The first-order valence-electron chi connectivity index (χ1n) is 18.9. The van der Waals surface area contributed by atoms with Gasteiger partial charge in [-0.15, -0.1) is 0 Å². The maximum Gasteiger partial charge on any atom is 0.331 e. The molecule has 56 heavy (non-hydrogen) atoms. The van der Waals surface area contributed by atoms with E-state index in [1.54, 1.807) is 49.9 Å². The van der Waals surface area contributed by atoms with Crippen molar-refractivity contribution in [3.8, 4) is 5.75 Å². The summed E-state index contributed by atoms with van der Waals surface area (Å²) >= 11 is 0. The van der Waals surface area contributed by atoms with E-state index in [0.29, 0.717) is 29.8 Å². The minimum atomic E-state index is -1.10. The highest BCUT2D eigenvalue weighted by Crippen LogP contribution is 2.46. The number of rotatable bonds is 17. The van der Waals surface area contributed by atoms with Crippen LogP contribution in [-0.2, 0) is 28.7 Å². The molecule has 1 saturated heterocycles. The minimum absolute atomic E-state index is 0.0215. The van der Waals surface area contributed by atoms with E-state index in [2.05, 4.69) is 10.6 Å². The summed E-state index contributed by atoms with van der Waals surface area (Å²) in [6.45, 7) is 13.9. The van der Waals surface area contributed by atoms with Crippen LogP contribution in [0.2, 0.25) is 0 Å². The Kier molecular flexibility index (Phi) is 14.7. The SMILES string of the molecule is CC(C)C[C@@H](NC(=O)COc1ccc([C@@H]2[C@@H](CCC(O)c3ccc(F)cc3)C(=O)N2c2ccc(F)cc2)cc1)C(=O)N[C@@H](COC(C)(C)C)C(=O)OC(C)(C)C. The number of hydrogen-bond donors (Lipinski definition) is 3. The van der Waals surface area contributed by atoms with Gasteiger partial charge in [-0.3, -0.25) is 14.4 Å². The first kappa shape index (κ1) is 43.8. The molecule has 0 spiro atoms. The van der Waals surface area contributed by atoms with Gasteiger partial charge in [-0.25, -0.2) is 13.6 Å². The van der Waals surface area contributed by atoms with Gasteiger partial charge in [0.2, 0.25) is 11.8 Å². The Bertz CT molecular complexity index is 1790. The largest absolute Gasteiger partial charge is 0.484 e. The summed E-state index contributed by atoms with van der Waals surface area (Å²) in [6.07, 6.45) is -0.00849. The monoisotopic (exact) mass is 779 g/mol.